The minimum absolute atomic E-state index is 0.0898. The topological polar surface area (TPSA) is 72.4 Å². The van der Waals surface area contributed by atoms with Crippen molar-refractivity contribution in [3.05, 3.63) is 0 Å². The summed E-state index contributed by atoms with van der Waals surface area (Å²) in [5.41, 5.74) is 11.5. The summed E-state index contributed by atoms with van der Waals surface area (Å²) in [5, 5.41) is 0. The summed E-state index contributed by atoms with van der Waals surface area (Å²) in [4.78, 5) is 13.9. The fraction of sp³-hybridized carbons (Fsp3) is 0.909. The minimum atomic E-state index is -0.331. The van der Waals surface area contributed by atoms with Crippen molar-refractivity contribution >= 4 is 5.91 Å². The van der Waals surface area contributed by atoms with E-state index in [1.165, 1.54) is 6.42 Å². The molecule has 0 aromatic heterocycles. The van der Waals surface area contributed by atoms with Gasteiger partial charge in [-0.1, -0.05) is 13.3 Å². The van der Waals surface area contributed by atoms with Gasteiger partial charge in [-0.25, -0.2) is 0 Å². The van der Waals surface area contributed by atoms with E-state index in [0.29, 0.717) is 6.54 Å². The van der Waals surface area contributed by atoms with Crippen LogP contribution in [0.25, 0.3) is 0 Å². The molecule has 1 saturated heterocycles. The molecule has 0 radical (unpaired) electrons. The van der Waals surface area contributed by atoms with Crippen LogP contribution in [0, 0.1) is 0 Å². The highest BCUT2D eigenvalue weighted by Crippen LogP contribution is 2.17. The van der Waals surface area contributed by atoms with Crippen molar-refractivity contribution in [2.24, 2.45) is 11.5 Å². The molecule has 0 spiro atoms. The third-order valence-electron chi connectivity index (χ3n) is 3.10. The lowest BCUT2D eigenvalue weighted by atomic mass is 10.0. The van der Waals surface area contributed by atoms with E-state index in [0.717, 1.165) is 32.2 Å². The molecule has 1 amide bonds. The van der Waals surface area contributed by atoms with Crippen LogP contribution in [0.2, 0.25) is 0 Å². The first-order valence-corrected chi connectivity index (χ1v) is 5.96. The summed E-state index contributed by atoms with van der Waals surface area (Å²) in [6, 6.07) is -0.115. The van der Waals surface area contributed by atoms with Crippen molar-refractivity contribution in [3.63, 3.8) is 0 Å². The molecule has 1 rings (SSSR count). The van der Waals surface area contributed by atoms with Crippen LogP contribution in [-0.4, -0.2) is 36.0 Å². The number of carbonyl (C=O) groups is 1. The molecule has 88 valence electrons. The molecule has 0 saturated carbocycles. The van der Waals surface area contributed by atoms with Crippen molar-refractivity contribution < 1.29 is 4.79 Å². The highest BCUT2D eigenvalue weighted by molar-refractivity contribution is 5.82. The molecular formula is C11H23N3O. The lowest BCUT2D eigenvalue weighted by Crippen LogP contribution is -2.53. The van der Waals surface area contributed by atoms with Gasteiger partial charge < -0.3 is 16.4 Å². The molecule has 1 heterocycles. The lowest BCUT2D eigenvalue weighted by Gasteiger charge is -2.36. The van der Waals surface area contributed by atoms with E-state index in [-0.39, 0.29) is 18.0 Å². The van der Waals surface area contributed by atoms with E-state index in [1.54, 1.807) is 0 Å². The Kier molecular flexibility index (Phi) is 5.05. The zero-order valence-corrected chi connectivity index (χ0v) is 9.61. The monoisotopic (exact) mass is 213 g/mol. The molecule has 0 aliphatic carbocycles. The summed E-state index contributed by atoms with van der Waals surface area (Å²) in [6.45, 7) is 3.44. The maximum absolute atomic E-state index is 12.0. The lowest BCUT2D eigenvalue weighted by molar-refractivity contribution is -0.136. The van der Waals surface area contributed by atoms with Crippen LogP contribution in [0.1, 0.15) is 39.0 Å². The number of likely N-dealkylation sites (tertiary alicyclic amines) is 1. The van der Waals surface area contributed by atoms with Gasteiger partial charge in [-0.15, -0.1) is 0 Å². The number of nitrogens with two attached hydrogens (primary N) is 2. The molecule has 2 unspecified atom stereocenters. The van der Waals surface area contributed by atoms with Crippen molar-refractivity contribution in [2.45, 2.75) is 51.1 Å². The number of hydrogen-bond acceptors (Lipinski definition) is 3. The maximum atomic E-state index is 12.0. The zero-order valence-electron chi connectivity index (χ0n) is 9.61. The predicted octanol–water partition coefficient (Wildman–Crippen LogP) is 0.454. The summed E-state index contributed by atoms with van der Waals surface area (Å²) in [5.74, 6) is 0.0898. The predicted molar refractivity (Wildman–Crippen MR) is 61.3 cm³/mol. The van der Waals surface area contributed by atoms with Crippen LogP contribution >= 0.6 is 0 Å². The molecule has 4 heteroatoms. The van der Waals surface area contributed by atoms with Gasteiger partial charge in [0.25, 0.3) is 0 Å². The Morgan fingerprint density at radius 3 is 2.87 bits per heavy atom. The van der Waals surface area contributed by atoms with Crippen molar-refractivity contribution in [2.75, 3.05) is 13.1 Å². The molecule has 0 bridgehead atoms. The van der Waals surface area contributed by atoms with Crippen molar-refractivity contribution in [1.82, 2.24) is 4.90 Å². The molecule has 1 aliphatic rings. The summed E-state index contributed by atoms with van der Waals surface area (Å²) >= 11 is 0. The molecule has 2 atom stereocenters. The Hall–Kier alpha value is -0.610. The smallest absolute Gasteiger partial charge is 0.239 e. The van der Waals surface area contributed by atoms with Crippen LogP contribution in [-0.2, 0) is 4.79 Å². The molecule has 4 nitrogen and oxygen atoms in total. The van der Waals surface area contributed by atoms with Crippen LogP contribution in [0.4, 0.5) is 0 Å². The average Bonchev–Trinajstić information content (AvgIpc) is 2.28. The van der Waals surface area contributed by atoms with E-state index in [2.05, 4.69) is 0 Å². The number of rotatable bonds is 4. The SMILES string of the molecule is CCCC(N)C(=O)N1CCCCC1CN. The zero-order chi connectivity index (χ0) is 11.3. The number of nitrogens with zero attached hydrogens (tertiary/aromatic N) is 1. The Morgan fingerprint density at radius 1 is 1.53 bits per heavy atom. The number of carbonyl (C=O) groups excluding carboxylic acids is 1. The number of amides is 1. The molecular weight excluding hydrogens is 190 g/mol. The van der Waals surface area contributed by atoms with Gasteiger partial charge >= 0.3 is 0 Å². The first-order valence-electron chi connectivity index (χ1n) is 5.96. The summed E-state index contributed by atoms with van der Waals surface area (Å²) in [7, 11) is 0. The summed E-state index contributed by atoms with van der Waals surface area (Å²) < 4.78 is 0. The minimum Gasteiger partial charge on any atom is -0.337 e. The van der Waals surface area contributed by atoms with E-state index >= 15 is 0 Å². The average molecular weight is 213 g/mol. The van der Waals surface area contributed by atoms with Crippen molar-refractivity contribution in [3.8, 4) is 0 Å². The third kappa shape index (κ3) is 3.18. The summed E-state index contributed by atoms with van der Waals surface area (Å²) in [6.07, 6.45) is 5.01. The quantitative estimate of drug-likeness (QED) is 0.712. The van der Waals surface area contributed by atoms with Gasteiger partial charge in [0.1, 0.15) is 0 Å². The first-order chi connectivity index (χ1) is 7.20. The normalized spacial score (nSPS) is 23.9. The highest BCUT2D eigenvalue weighted by Gasteiger charge is 2.28. The Labute approximate surface area is 92.0 Å². The molecule has 4 N–H and O–H groups in total. The van der Waals surface area contributed by atoms with E-state index in [4.69, 9.17) is 11.5 Å². The fourth-order valence-corrected chi connectivity index (χ4v) is 2.18. The van der Waals surface area contributed by atoms with Gasteiger partial charge in [0, 0.05) is 19.1 Å². The Bertz CT molecular complexity index is 208. The van der Waals surface area contributed by atoms with Crippen molar-refractivity contribution in [1.29, 1.82) is 0 Å². The number of hydrogen-bond donors (Lipinski definition) is 2. The van der Waals surface area contributed by atoms with Gasteiger partial charge in [-0.05, 0) is 25.7 Å². The second-order valence-electron chi connectivity index (χ2n) is 4.31. The van der Waals surface area contributed by atoms with Gasteiger partial charge in [-0.2, -0.15) is 0 Å². The van der Waals surface area contributed by atoms with Crippen LogP contribution in [0.3, 0.4) is 0 Å². The molecule has 1 fully saturated rings. The molecule has 0 aromatic rings. The second kappa shape index (κ2) is 6.08. The van der Waals surface area contributed by atoms with E-state index < -0.39 is 0 Å². The van der Waals surface area contributed by atoms with Gasteiger partial charge in [0.15, 0.2) is 0 Å². The second-order valence-corrected chi connectivity index (χ2v) is 4.31. The third-order valence-corrected chi connectivity index (χ3v) is 3.10. The first kappa shape index (κ1) is 12.5. The fourth-order valence-electron chi connectivity index (χ4n) is 2.18. The molecule has 1 aliphatic heterocycles. The van der Waals surface area contributed by atoms with Crippen LogP contribution < -0.4 is 11.5 Å². The highest BCUT2D eigenvalue weighted by atomic mass is 16.2. The van der Waals surface area contributed by atoms with Crippen LogP contribution in [0.15, 0.2) is 0 Å². The number of piperidine rings is 1. The Morgan fingerprint density at radius 2 is 2.27 bits per heavy atom. The van der Waals surface area contributed by atoms with E-state index in [1.807, 2.05) is 11.8 Å². The Balaban J connectivity index is 2.55. The van der Waals surface area contributed by atoms with Crippen LogP contribution in [0.5, 0.6) is 0 Å². The van der Waals surface area contributed by atoms with E-state index in [9.17, 15) is 4.79 Å². The largest absolute Gasteiger partial charge is 0.337 e. The maximum Gasteiger partial charge on any atom is 0.239 e. The van der Waals surface area contributed by atoms with Gasteiger partial charge in [-0.3, -0.25) is 4.79 Å². The van der Waals surface area contributed by atoms with Gasteiger partial charge in [0.2, 0.25) is 5.91 Å². The van der Waals surface area contributed by atoms with Gasteiger partial charge in [0.05, 0.1) is 6.04 Å². The molecule has 0 aromatic carbocycles. The standard InChI is InChI=1S/C11H23N3O/c1-2-5-10(13)11(15)14-7-4-3-6-9(14)8-12/h9-10H,2-8,12-13H2,1H3. The molecule has 15 heavy (non-hydrogen) atoms.